The van der Waals surface area contributed by atoms with E-state index in [1.165, 1.54) is 12.1 Å². The number of benzene rings is 4. The van der Waals surface area contributed by atoms with Crippen molar-refractivity contribution in [3.8, 4) is 5.75 Å². The minimum atomic E-state index is -4.11. The van der Waals surface area contributed by atoms with E-state index in [1.807, 2.05) is 44.2 Å². The second kappa shape index (κ2) is 12.9. The fourth-order valence-corrected chi connectivity index (χ4v) is 5.54. The van der Waals surface area contributed by atoms with E-state index in [0.717, 1.165) is 9.87 Å². The Bertz CT molecular complexity index is 1540. The molecule has 0 aliphatic rings. The number of hydrogen-bond donors (Lipinski definition) is 2. The van der Waals surface area contributed by atoms with Gasteiger partial charge in [0.25, 0.3) is 15.9 Å². The van der Waals surface area contributed by atoms with Crippen molar-refractivity contribution in [2.45, 2.75) is 24.8 Å². The average molecular weight is 558 g/mol. The standard InChI is InChI=1S/C31H31N3O5S/c1-3-39-26-18-20-27(21-19-26)40(37,38)34(25-14-8-5-9-15-25)22-30(35)33-29-17-11-10-16-28(29)31(36)32-23(2)24-12-6-4-7-13-24/h4-21,23H,3,22H2,1-2H3,(H,32,36)(H,33,35). The number of ether oxygens (including phenoxy) is 1. The smallest absolute Gasteiger partial charge is 0.264 e. The van der Waals surface area contributed by atoms with Crippen molar-refractivity contribution in [1.29, 1.82) is 0 Å². The summed E-state index contributed by atoms with van der Waals surface area (Å²) in [4.78, 5) is 26.4. The molecule has 0 aromatic heterocycles. The largest absolute Gasteiger partial charge is 0.494 e. The number of para-hydroxylation sites is 2. The average Bonchev–Trinajstić information content (AvgIpc) is 2.97. The van der Waals surface area contributed by atoms with Crippen LogP contribution in [0.1, 0.15) is 35.8 Å². The lowest BCUT2D eigenvalue weighted by Gasteiger charge is -2.24. The molecule has 0 radical (unpaired) electrons. The highest BCUT2D eigenvalue weighted by Crippen LogP contribution is 2.26. The number of nitrogens with one attached hydrogen (secondary N) is 2. The van der Waals surface area contributed by atoms with Gasteiger partial charge < -0.3 is 15.4 Å². The lowest BCUT2D eigenvalue weighted by atomic mass is 10.1. The summed E-state index contributed by atoms with van der Waals surface area (Å²) in [6.45, 7) is 3.66. The van der Waals surface area contributed by atoms with Crippen LogP contribution in [0.15, 0.2) is 114 Å². The number of carbonyl (C=O) groups is 2. The summed E-state index contributed by atoms with van der Waals surface area (Å²) in [7, 11) is -4.11. The van der Waals surface area contributed by atoms with E-state index in [1.54, 1.807) is 66.7 Å². The first-order valence-electron chi connectivity index (χ1n) is 12.8. The number of amides is 2. The molecule has 4 rings (SSSR count). The fraction of sp³-hybridized carbons (Fsp3) is 0.161. The molecule has 0 saturated heterocycles. The van der Waals surface area contributed by atoms with Crippen molar-refractivity contribution in [1.82, 2.24) is 5.32 Å². The molecule has 2 N–H and O–H groups in total. The third kappa shape index (κ3) is 6.86. The molecular formula is C31H31N3O5S. The van der Waals surface area contributed by atoms with E-state index in [2.05, 4.69) is 10.6 Å². The summed E-state index contributed by atoms with van der Waals surface area (Å²) in [5.41, 5.74) is 1.81. The SMILES string of the molecule is CCOc1ccc(S(=O)(=O)N(CC(=O)Nc2ccccc2C(=O)NC(C)c2ccccc2)c2ccccc2)cc1. The molecule has 206 valence electrons. The monoisotopic (exact) mass is 557 g/mol. The van der Waals surface area contributed by atoms with Crippen LogP contribution in [0.4, 0.5) is 11.4 Å². The Morgan fingerprint density at radius 3 is 2.08 bits per heavy atom. The highest BCUT2D eigenvalue weighted by Gasteiger charge is 2.28. The quantitative estimate of drug-likeness (QED) is 0.257. The molecule has 4 aromatic rings. The number of nitrogens with zero attached hydrogens (tertiary/aromatic N) is 1. The minimum absolute atomic E-state index is 0.0160. The Morgan fingerprint density at radius 1 is 0.825 bits per heavy atom. The highest BCUT2D eigenvalue weighted by molar-refractivity contribution is 7.92. The van der Waals surface area contributed by atoms with Crippen molar-refractivity contribution in [3.05, 3.63) is 120 Å². The lowest BCUT2D eigenvalue weighted by molar-refractivity contribution is -0.114. The van der Waals surface area contributed by atoms with Gasteiger partial charge in [-0.05, 0) is 67.9 Å². The minimum Gasteiger partial charge on any atom is -0.494 e. The van der Waals surface area contributed by atoms with Crippen LogP contribution >= 0.6 is 0 Å². The first-order valence-corrected chi connectivity index (χ1v) is 14.3. The molecule has 8 nitrogen and oxygen atoms in total. The fourth-order valence-electron chi connectivity index (χ4n) is 4.12. The zero-order chi connectivity index (χ0) is 28.5. The topological polar surface area (TPSA) is 105 Å². The second-order valence-corrected chi connectivity index (χ2v) is 10.8. The maximum Gasteiger partial charge on any atom is 0.264 e. The molecule has 9 heteroatoms. The van der Waals surface area contributed by atoms with Gasteiger partial charge in [-0.1, -0.05) is 60.7 Å². The van der Waals surface area contributed by atoms with Gasteiger partial charge >= 0.3 is 0 Å². The third-order valence-corrected chi connectivity index (χ3v) is 7.94. The molecule has 0 heterocycles. The molecule has 0 spiro atoms. The molecule has 1 unspecified atom stereocenters. The van der Waals surface area contributed by atoms with Gasteiger partial charge in [0, 0.05) is 0 Å². The van der Waals surface area contributed by atoms with Crippen molar-refractivity contribution in [3.63, 3.8) is 0 Å². The van der Waals surface area contributed by atoms with E-state index < -0.39 is 22.5 Å². The highest BCUT2D eigenvalue weighted by atomic mass is 32.2. The molecular weight excluding hydrogens is 526 g/mol. The van der Waals surface area contributed by atoms with Crippen molar-refractivity contribution in [2.24, 2.45) is 0 Å². The Balaban J connectivity index is 1.55. The molecule has 2 amide bonds. The maximum atomic E-state index is 13.7. The van der Waals surface area contributed by atoms with E-state index in [4.69, 9.17) is 4.74 Å². The number of anilines is 2. The Kier molecular flexibility index (Phi) is 9.19. The molecule has 0 aliphatic heterocycles. The van der Waals surface area contributed by atoms with Gasteiger partial charge in [0.2, 0.25) is 5.91 Å². The van der Waals surface area contributed by atoms with Crippen LogP contribution < -0.4 is 19.7 Å². The maximum absolute atomic E-state index is 13.7. The van der Waals surface area contributed by atoms with Crippen LogP contribution in [0, 0.1) is 0 Å². The van der Waals surface area contributed by atoms with Gasteiger partial charge in [0.1, 0.15) is 12.3 Å². The number of hydrogen-bond acceptors (Lipinski definition) is 5. The first kappa shape index (κ1) is 28.4. The van der Waals surface area contributed by atoms with E-state index in [0.29, 0.717) is 18.0 Å². The molecule has 40 heavy (non-hydrogen) atoms. The van der Waals surface area contributed by atoms with E-state index in [9.17, 15) is 18.0 Å². The number of carbonyl (C=O) groups excluding carboxylic acids is 2. The summed E-state index contributed by atoms with van der Waals surface area (Å²) >= 11 is 0. The molecule has 0 aliphatic carbocycles. The van der Waals surface area contributed by atoms with Crippen LogP contribution in [-0.2, 0) is 14.8 Å². The van der Waals surface area contributed by atoms with Crippen LogP contribution in [0.3, 0.4) is 0 Å². The Labute approximate surface area is 234 Å². The summed E-state index contributed by atoms with van der Waals surface area (Å²) < 4.78 is 33.8. The zero-order valence-corrected chi connectivity index (χ0v) is 23.1. The van der Waals surface area contributed by atoms with Gasteiger partial charge in [0.05, 0.1) is 34.5 Å². The lowest BCUT2D eigenvalue weighted by Crippen LogP contribution is -2.38. The molecule has 0 saturated carbocycles. The Hall–Kier alpha value is -4.63. The van der Waals surface area contributed by atoms with Crippen LogP contribution in [-0.4, -0.2) is 33.4 Å². The van der Waals surface area contributed by atoms with E-state index >= 15 is 0 Å². The third-order valence-electron chi connectivity index (χ3n) is 6.15. The van der Waals surface area contributed by atoms with Crippen LogP contribution in [0.2, 0.25) is 0 Å². The van der Waals surface area contributed by atoms with Gasteiger partial charge in [0.15, 0.2) is 0 Å². The predicted molar refractivity (Wildman–Crippen MR) is 156 cm³/mol. The molecule has 0 bridgehead atoms. The van der Waals surface area contributed by atoms with Gasteiger partial charge in [-0.15, -0.1) is 0 Å². The predicted octanol–water partition coefficient (Wildman–Crippen LogP) is 5.41. The summed E-state index contributed by atoms with van der Waals surface area (Å²) in [5, 5.41) is 5.67. The van der Waals surface area contributed by atoms with Crippen LogP contribution in [0.25, 0.3) is 0 Å². The number of sulfonamides is 1. The van der Waals surface area contributed by atoms with Gasteiger partial charge in [-0.3, -0.25) is 13.9 Å². The first-order chi connectivity index (χ1) is 19.3. The normalized spacial score (nSPS) is 11.8. The molecule has 0 fully saturated rings. The second-order valence-electron chi connectivity index (χ2n) is 8.95. The van der Waals surface area contributed by atoms with E-state index in [-0.39, 0.29) is 28.1 Å². The van der Waals surface area contributed by atoms with Crippen LogP contribution in [0.5, 0.6) is 5.75 Å². The molecule has 4 aromatic carbocycles. The zero-order valence-electron chi connectivity index (χ0n) is 22.3. The van der Waals surface area contributed by atoms with Crippen molar-refractivity contribution >= 4 is 33.2 Å². The molecule has 1 atom stereocenters. The van der Waals surface area contributed by atoms with Gasteiger partial charge in [-0.25, -0.2) is 8.42 Å². The van der Waals surface area contributed by atoms with Crippen molar-refractivity contribution < 1.29 is 22.7 Å². The van der Waals surface area contributed by atoms with Crippen molar-refractivity contribution in [2.75, 3.05) is 22.8 Å². The summed E-state index contributed by atoms with van der Waals surface area (Å²) in [6.07, 6.45) is 0. The summed E-state index contributed by atoms with van der Waals surface area (Å²) in [5.74, 6) is -0.425. The number of rotatable bonds is 11. The Morgan fingerprint density at radius 2 is 1.43 bits per heavy atom. The van der Waals surface area contributed by atoms with Gasteiger partial charge in [-0.2, -0.15) is 0 Å². The summed E-state index contributed by atoms with van der Waals surface area (Å²) in [6, 6.07) is 30.3.